The molecule has 1 fully saturated rings. The summed E-state index contributed by atoms with van der Waals surface area (Å²) < 4.78 is 0. The van der Waals surface area contributed by atoms with Gasteiger partial charge in [0.2, 0.25) is 0 Å². The molecular formula is C9H16N2O3. The van der Waals surface area contributed by atoms with Crippen LogP contribution in [0.3, 0.4) is 0 Å². The molecule has 0 spiro atoms. The van der Waals surface area contributed by atoms with Crippen molar-refractivity contribution >= 4 is 17.6 Å². The normalized spacial score (nSPS) is 19.6. The highest BCUT2D eigenvalue weighted by Crippen LogP contribution is 2.30. The quantitative estimate of drug-likeness (QED) is 0.551. The number of amides is 2. The zero-order valence-corrected chi connectivity index (χ0v) is 8.50. The molecule has 0 unspecified atom stereocenters. The first-order valence-corrected chi connectivity index (χ1v) is 4.31. The molecule has 0 aromatic rings. The second kappa shape index (κ2) is 4.74. The monoisotopic (exact) mass is 200 g/mol. The standard InChI is InChI=1S/C8H12O2.CH4N2O/c1-8(2)4-6(9)3-7(10)5-8;2-1(3)4/h3-5H2,1-2H3;(H4,2,3,4). The third-order valence-electron chi connectivity index (χ3n) is 1.75. The molecule has 0 heterocycles. The van der Waals surface area contributed by atoms with Crippen LogP contribution < -0.4 is 11.5 Å². The summed E-state index contributed by atoms with van der Waals surface area (Å²) in [6.45, 7) is 3.92. The maximum absolute atomic E-state index is 10.9. The van der Waals surface area contributed by atoms with Gasteiger partial charge >= 0.3 is 6.03 Å². The minimum atomic E-state index is -0.833. The average Bonchev–Trinajstić information content (AvgIpc) is 1.76. The molecule has 1 rings (SSSR count). The van der Waals surface area contributed by atoms with Gasteiger partial charge in [0.1, 0.15) is 11.6 Å². The number of primary amides is 2. The number of hydrogen-bond acceptors (Lipinski definition) is 3. The summed E-state index contributed by atoms with van der Waals surface area (Å²) in [5.74, 6) is 0.197. The van der Waals surface area contributed by atoms with E-state index in [1.165, 1.54) is 0 Å². The summed E-state index contributed by atoms with van der Waals surface area (Å²) in [7, 11) is 0. The number of carbonyl (C=O) groups is 3. The Morgan fingerprint density at radius 3 is 1.64 bits per heavy atom. The van der Waals surface area contributed by atoms with Crippen LogP contribution in [0.5, 0.6) is 0 Å². The van der Waals surface area contributed by atoms with E-state index in [0.717, 1.165) is 0 Å². The number of hydrogen-bond donors (Lipinski definition) is 2. The number of carbonyl (C=O) groups excluding carboxylic acids is 3. The highest BCUT2D eigenvalue weighted by molar-refractivity contribution is 6.01. The van der Waals surface area contributed by atoms with Crippen molar-refractivity contribution in [3.8, 4) is 0 Å². The molecule has 5 nitrogen and oxygen atoms in total. The maximum Gasteiger partial charge on any atom is 0.309 e. The van der Waals surface area contributed by atoms with E-state index >= 15 is 0 Å². The molecular weight excluding hydrogens is 184 g/mol. The first-order valence-electron chi connectivity index (χ1n) is 4.31. The van der Waals surface area contributed by atoms with Gasteiger partial charge in [0, 0.05) is 12.8 Å². The van der Waals surface area contributed by atoms with Gasteiger partial charge in [-0.15, -0.1) is 0 Å². The lowest BCUT2D eigenvalue weighted by molar-refractivity contribution is -0.133. The molecule has 1 saturated carbocycles. The molecule has 0 bridgehead atoms. The van der Waals surface area contributed by atoms with Crippen LogP contribution in [-0.4, -0.2) is 17.6 Å². The van der Waals surface area contributed by atoms with Crippen molar-refractivity contribution in [1.29, 1.82) is 0 Å². The van der Waals surface area contributed by atoms with E-state index in [1.807, 2.05) is 13.8 Å². The van der Waals surface area contributed by atoms with Crippen molar-refractivity contribution in [2.24, 2.45) is 16.9 Å². The van der Waals surface area contributed by atoms with Crippen LogP contribution in [0.1, 0.15) is 33.1 Å². The van der Waals surface area contributed by atoms with Crippen molar-refractivity contribution in [1.82, 2.24) is 0 Å². The fourth-order valence-electron chi connectivity index (χ4n) is 1.47. The average molecular weight is 200 g/mol. The Morgan fingerprint density at radius 2 is 1.43 bits per heavy atom. The van der Waals surface area contributed by atoms with E-state index in [2.05, 4.69) is 11.5 Å². The predicted molar refractivity (Wildman–Crippen MR) is 51.4 cm³/mol. The molecule has 0 saturated heterocycles. The van der Waals surface area contributed by atoms with E-state index in [0.29, 0.717) is 12.8 Å². The zero-order valence-electron chi connectivity index (χ0n) is 8.50. The number of rotatable bonds is 0. The van der Waals surface area contributed by atoms with Crippen LogP contribution in [-0.2, 0) is 9.59 Å². The van der Waals surface area contributed by atoms with Crippen LogP contribution in [0.2, 0.25) is 0 Å². The molecule has 80 valence electrons. The Labute approximate surface area is 82.8 Å². The van der Waals surface area contributed by atoms with Crippen molar-refractivity contribution in [3.63, 3.8) is 0 Å². The number of nitrogens with two attached hydrogens (primary N) is 2. The van der Waals surface area contributed by atoms with E-state index in [-0.39, 0.29) is 23.4 Å². The predicted octanol–water partition coefficient (Wildman–Crippen LogP) is 0.359. The Kier molecular flexibility index (Phi) is 4.27. The van der Waals surface area contributed by atoms with Crippen LogP contribution in [0, 0.1) is 5.41 Å². The highest BCUT2D eigenvalue weighted by atomic mass is 16.2. The Morgan fingerprint density at radius 1 is 1.14 bits per heavy atom. The van der Waals surface area contributed by atoms with Gasteiger partial charge in [-0.2, -0.15) is 0 Å². The topological polar surface area (TPSA) is 103 Å². The molecule has 0 radical (unpaired) electrons. The van der Waals surface area contributed by atoms with Crippen LogP contribution in [0.4, 0.5) is 4.79 Å². The minimum absolute atomic E-state index is 0.0770. The molecule has 0 atom stereocenters. The number of Topliss-reactive ketones (excluding diaryl/α,β-unsaturated/α-hetero) is 2. The van der Waals surface area contributed by atoms with Crippen molar-refractivity contribution in [2.45, 2.75) is 33.1 Å². The molecule has 5 heteroatoms. The number of urea groups is 1. The Balaban J connectivity index is 0.000000364. The second-order valence-electron chi connectivity index (χ2n) is 4.17. The van der Waals surface area contributed by atoms with Gasteiger partial charge in [-0.3, -0.25) is 9.59 Å². The Bertz CT molecular complexity index is 237. The third-order valence-corrected chi connectivity index (χ3v) is 1.75. The van der Waals surface area contributed by atoms with Crippen molar-refractivity contribution in [3.05, 3.63) is 0 Å². The molecule has 0 aromatic carbocycles. The van der Waals surface area contributed by atoms with Crippen LogP contribution in [0.15, 0.2) is 0 Å². The van der Waals surface area contributed by atoms with Crippen molar-refractivity contribution < 1.29 is 14.4 Å². The van der Waals surface area contributed by atoms with Gasteiger partial charge in [-0.05, 0) is 5.41 Å². The highest BCUT2D eigenvalue weighted by Gasteiger charge is 2.31. The van der Waals surface area contributed by atoms with Gasteiger partial charge in [0.25, 0.3) is 0 Å². The van der Waals surface area contributed by atoms with E-state index in [1.54, 1.807) is 0 Å². The van der Waals surface area contributed by atoms with Gasteiger partial charge in [0.05, 0.1) is 6.42 Å². The third kappa shape index (κ3) is 6.16. The summed E-state index contributed by atoms with van der Waals surface area (Å²) >= 11 is 0. The lowest BCUT2D eigenvalue weighted by Gasteiger charge is -2.26. The second-order valence-corrected chi connectivity index (χ2v) is 4.17. The first kappa shape index (κ1) is 12.6. The molecule has 0 aliphatic heterocycles. The summed E-state index contributed by atoms with van der Waals surface area (Å²) in [6, 6.07) is -0.833. The van der Waals surface area contributed by atoms with Gasteiger partial charge in [-0.25, -0.2) is 4.79 Å². The number of ketones is 2. The van der Waals surface area contributed by atoms with Gasteiger partial charge in [-0.1, -0.05) is 13.8 Å². The Hall–Kier alpha value is -1.39. The molecule has 0 aromatic heterocycles. The first-order chi connectivity index (χ1) is 6.23. The lowest BCUT2D eigenvalue weighted by atomic mass is 9.76. The lowest BCUT2D eigenvalue weighted by Crippen LogP contribution is -2.28. The fraction of sp³-hybridized carbons (Fsp3) is 0.667. The van der Waals surface area contributed by atoms with Crippen molar-refractivity contribution in [2.75, 3.05) is 0 Å². The summed E-state index contributed by atoms with van der Waals surface area (Å²) in [6.07, 6.45) is 1.31. The smallest absolute Gasteiger partial charge is 0.309 e. The summed E-state index contributed by atoms with van der Waals surface area (Å²) in [4.78, 5) is 30.7. The largest absolute Gasteiger partial charge is 0.352 e. The van der Waals surface area contributed by atoms with Gasteiger partial charge in [0.15, 0.2) is 0 Å². The molecule has 4 N–H and O–H groups in total. The van der Waals surface area contributed by atoms with Crippen LogP contribution in [0.25, 0.3) is 0 Å². The minimum Gasteiger partial charge on any atom is -0.352 e. The fourth-order valence-corrected chi connectivity index (χ4v) is 1.47. The van der Waals surface area contributed by atoms with E-state index in [4.69, 9.17) is 4.79 Å². The van der Waals surface area contributed by atoms with E-state index < -0.39 is 6.03 Å². The molecule has 14 heavy (non-hydrogen) atoms. The van der Waals surface area contributed by atoms with E-state index in [9.17, 15) is 9.59 Å². The molecule has 1 aliphatic rings. The summed E-state index contributed by atoms with van der Waals surface area (Å²) in [5.41, 5.74) is 8.42. The summed E-state index contributed by atoms with van der Waals surface area (Å²) in [5, 5.41) is 0. The van der Waals surface area contributed by atoms with Gasteiger partial charge < -0.3 is 11.5 Å². The maximum atomic E-state index is 10.9. The van der Waals surface area contributed by atoms with Crippen LogP contribution >= 0.6 is 0 Å². The zero-order chi connectivity index (χ0) is 11.4. The SMILES string of the molecule is CC1(C)CC(=O)CC(=O)C1.NC(N)=O. The molecule has 2 amide bonds. The molecule has 1 aliphatic carbocycles.